The van der Waals surface area contributed by atoms with Crippen molar-refractivity contribution in [2.75, 3.05) is 25.4 Å². The topological polar surface area (TPSA) is 98.7 Å². The van der Waals surface area contributed by atoms with Crippen LogP contribution in [0.2, 0.25) is 0 Å². The molecule has 0 amide bonds. The number of hydroxylamine groups is 2. The summed E-state index contributed by atoms with van der Waals surface area (Å²) in [5.74, 6) is 1.84. The Balaban J connectivity index is 1.81. The first-order valence-electron chi connectivity index (χ1n) is 10.7. The van der Waals surface area contributed by atoms with Crippen LogP contribution in [-0.4, -0.2) is 50.0 Å². The second-order valence-corrected chi connectivity index (χ2v) is 8.52. The minimum atomic E-state index is -0.920. The highest BCUT2D eigenvalue weighted by atomic mass is 16.7. The summed E-state index contributed by atoms with van der Waals surface area (Å²) in [5.41, 5.74) is 7.60. The van der Waals surface area contributed by atoms with E-state index in [1.165, 1.54) is 6.42 Å². The van der Waals surface area contributed by atoms with Crippen LogP contribution < -0.4 is 10.6 Å². The van der Waals surface area contributed by atoms with Gasteiger partial charge < -0.3 is 25.0 Å². The van der Waals surface area contributed by atoms with Crippen molar-refractivity contribution >= 4 is 27.8 Å². The summed E-state index contributed by atoms with van der Waals surface area (Å²) >= 11 is 0. The van der Waals surface area contributed by atoms with Gasteiger partial charge in [0.05, 0.1) is 23.2 Å². The number of ether oxygens (including phenoxy) is 1. The summed E-state index contributed by atoms with van der Waals surface area (Å²) < 4.78 is 7.60. The van der Waals surface area contributed by atoms with Gasteiger partial charge in [0.15, 0.2) is 5.82 Å². The van der Waals surface area contributed by atoms with Crippen molar-refractivity contribution in [3.63, 3.8) is 0 Å². The lowest BCUT2D eigenvalue weighted by Crippen LogP contribution is -2.32. The number of aromatic nitrogens is 3. The lowest BCUT2D eigenvalue weighted by Gasteiger charge is -2.26. The highest BCUT2D eigenvalue weighted by Crippen LogP contribution is 2.32. The number of nitrogens with two attached hydrogens (primary N) is 1. The van der Waals surface area contributed by atoms with Crippen molar-refractivity contribution in [3.05, 3.63) is 24.0 Å². The second-order valence-electron chi connectivity index (χ2n) is 8.52. The van der Waals surface area contributed by atoms with Crippen LogP contribution in [0.3, 0.4) is 0 Å². The molecule has 3 N–H and O–H groups in total. The van der Waals surface area contributed by atoms with E-state index in [1.54, 1.807) is 13.8 Å². The Hall–Kier alpha value is -2.42. The van der Waals surface area contributed by atoms with Gasteiger partial charge in [-0.05, 0) is 45.7 Å². The van der Waals surface area contributed by atoms with E-state index >= 15 is 0 Å². The average molecular weight is 414 g/mol. The van der Waals surface area contributed by atoms with E-state index < -0.39 is 5.60 Å². The molecule has 0 atom stereocenters. The largest absolute Gasteiger partial charge is 0.406 e. The Morgan fingerprint density at radius 3 is 2.63 bits per heavy atom. The van der Waals surface area contributed by atoms with E-state index in [0.717, 1.165) is 53.9 Å². The van der Waals surface area contributed by atoms with Gasteiger partial charge in [0.1, 0.15) is 23.7 Å². The zero-order valence-corrected chi connectivity index (χ0v) is 18.0. The highest BCUT2D eigenvalue weighted by Gasteiger charge is 2.23. The molecule has 4 rings (SSSR count). The highest BCUT2D eigenvalue weighted by molar-refractivity contribution is 6.06. The first-order chi connectivity index (χ1) is 14.4. The third-order valence-electron chi connectivity index (χ3n) is 5.28. The number of benzene rings is 1. The molecule has 0 unspecified atom stereocenters. The Morgan fingerprint density at radius 1 is 1.17 bits per heavy atom. The molecule has 8 nitrogen and oxygen atoms in total. The van der Waals surface area contributed by atoms with Gasteiger partial charge in [-0.3, -0.25) is 0 Å². The molecule has 1 aromatic carbocycles. The molecule has 0 saturated carbocycles. The first-order valence-corrected chi connectivity index (χ1v) is 10.7. The van der Waals surface area contributed by atoms with E-state index in [4.69, 9.17) is 20.3 Å². The number of piperidine rings is 1. The molecule has 8 heteroatoms. The van der Waals surface area contributed by atoms with Crippen molar-refractivity contribution in [3.8, 4) is 5.75 Å². The van der Waals surface area contributed by atoms with Crippen molar-refractivity contribution in [2.45, 2.75) is 58.8 Å². The fourth-order valence-corrected chi connectivity index (χ4v) is 3.96. The van der Waals surface area contributed by atoms with Crippen LogP contribution in [0.4, 0.5) is 5.82 Å². The number of nitrogens with zero attached hydrogens (tertiary/aromatic N) is 4. The number of aliphatic hydroxyl groups is 1. The van der Waals surface area contributed by atoms with E-state index in [2.05, 4.69) is 4.98 Å². The monoisotopic (exact) mass is 413 g/mol. The fourth-order valence-electron chi connectivity index (χ4n) is 3.96. The quantitative estimate of drug-likeness (QED) is 0.613. The second kappa shape index (κ2) is 8.37. The normalized spacial score (nSPS) is 15.9. The smallest absolute Gasteiger partial charge is 0.152 e. The predicted octanol–water partition coefficient (Wildman–Crippen LogP) is 3.25. The van der Waals surface area contributed by atoms with E-state index in [0.29, 0.717) is 31.1 Å². The van der Waals surface area contributed by atoms with Gasteiger partial charge >= 0.3 is 0 Å². The average Bonchev–Trinajstić information content (AvgIpc) is 3.04. The minimum absolute atomic E-state index is 0.346. The summed E-state index contributed by atoms with van der Waals surface area (Å²) in [4.78, 5) is 15.3. The number of anilines is 1. The molecule has 1 aliphatic heterocycles. The zero-order valence-electron chi connectivity index (χ0n) is 18.0. The minimum Gasteiger partial charge on any atom is -0.406 e. The maximum Gasteiger partial charge on any atom is 0.152 e. The van der Waals surface area contributed by atoms with Gasteiger partial charge in [0.2, 0.25) is 0 Å². The fraction of sp³-hybridized carbons (Fsp3) is 0.545. The lowest BCUT2D eigenvalue weighted by atomic mass is 10.1. The van der Waals surface area contributed by atoms with Crippen LogP contribution in [-0.2, 0) is 17.9 Å². The molecule has 162 valence electrons. The van der Waals surface area contributed by atoms with Crippen molar-refractivity contribution in [1.82, 2.24) is 19.6 Å². The maximum atomic E-state index is 10.5. The summed E-state index contributed by atoms with van der Waals surface area (Å²) in [6.45, 7) is 8.67. The van der Waals surface area contributed by atoms with E-state index in [9.17, 15) is 5.11 Å². The third-order valence-corrected chi connectivity index (χ3v) is 5.28. The SMILES string of the molecule is CCOCc1nc2c(N)nc3cc(ON4CCCCC4)ccc3c2n1CC(C)(C)O. The Kier molecular flexibility index (Phi) is 5.81. The number of nitrogen functional groups attached to an aromatic ring is 1. The van der Waals surface area contributed by atoms with Gasteiger partial charge in [0, 0.05) is 31.1 Å². The van der Waals surface area contributed by atoms with Gasteiger partial charge in [-0.1, -0.05) is 6.42 Å². The summed E-state index contributed by atoms with van der Waals surface area (Å²) in [6, 6.07) is 5.87. The molecule has 1 fully saturated rings. The number of rotatable bonds is 7. The number of fused-ring (bicyclic) bond motifs is 3. The van der Waals surface area contributed by atoms with Crippen LogP contribution >= 0.6 is 0 Å². The number of pyridine rings is 1. The number of hydrogen-bond acceptors (Lipinski definition) is 7. The maximum absolute atomic E-state index is 10.5. The van der Waals surface area contributed by atoms with E-state index in [-0.39, 0.29) is 0 Å². The van der Waals surface area contributed by atoms with Crippen molar-refractivity contribution in [1.29, 1.82) is 0 Å². The molecule has 1 saturated heterocycles. The molecule has 0 spiro atoms. The molecule has 30 heavy (non-hydrogen) atoms. The molecule has 0 aliphatic carbocycles. The van der Waals surface area contributed by atoms with Crippen molar-refractivity contribution < 1.29 is 14.7 Å². The Bertz CT molecular complexity index is 1030. The molecule has 0 radical (unpaired) electrons. The Labute approximate surface area is 176 Å². The van der Waals surface area contributed by atoms with Crippen LogP contribution in [0.25, 0.3) is 21.9 Å². The number of imidazole rings is 1. The molecular weight excluding hydrogens is 382 g/mol. The van der Waals surface area contributed by atoms with Crippen LogP contribution in [0.5, 0.6) is 5.75 Å². The zero-order chi connectivity index (χ0) is 21.3. The third kappa shape index (κ3) is 4.35. The van der Waals surface area contributed by atoms with Crippen molar-refractivity contribution in [2.24, 2.45) is 0 Å². The van der Waals surface area contributed by atoms with Gasteiger partial charge in [-0.25, -0.2) is 9.97 Å². The molecule has 1 aliphatic rings. The molecule has 3 heterocycles. The predicted molar refractivity (Wildman–Crippen MR) is 117 cm³/mol. The summed E-state index contributed by atoms with van der Waals surface area (Å²) in [5, 5.41) is 13.4. The van der Waals surface area contributed by atoms with Gasteiger partial charge in [-0.15, -0.1) is 5.06 Å². The summed E-state index contributed by atoms with van der Waals surface area (Å²) in [6.07, 6.45) is 3.55. The van der Waals surface area contributed by atoms with Gasteiger partial charge in [-0.2, -0.15) is 0 Å². The van der Waals surface area contributed by atoms with E-state index in [1.807, 2.05) is 34.8 Å². The van der Waals surface area contributed by atoms with Crippen LogP contribution in [0, 0.1) is 0 Å². The molecular formula is C22H31N5O3. The summed E-state index contributed by atoms with van der Waals surface area (Å²) in [7, 11) is 0. The lowest BCUT2D eigenvalue weighted by molar-refractivity contribution is -0.0718. The molecule has 3 aromatic rings. The van der Waals surface area contributed by atoms with Gasteiger partial charge in [0.25, 0.3) is 0 Å². The molecule has 0 bridgehead atoms. The number of hydrogen-bond donors (Lipinski definition) is 2. The van der Waals surface area contributed by atoms with Crippen LogP contribution in [0.1, 0.15) is 45.9 Å². The van der Waals surface area contributed by atoms with Crippen LogP contribution in [0.15, 0.2) is 18.2 Å². The Morgan fingerprint density at radius 2 is 1.93 bits per heavy atom. The molecule has 2 aromatic heterocycles. The first kappa shape index (κ1) is 20.8. The standard InChI is InChI=1S/C22H31N5O3/c1-4-29-13-18-25-19-20(27(18)14-22(2,3)28)16-9-8-15(12-17(16)24-21(19)23)30-26-10-6-5-7-11-26/h8-9,12,28H,4-7,10-11,13-14H2,1-3H3,(H2,23,24).